The summed E-state index contributed by atoms with van der Waals surface area (Å²) in [6.45, 7) is 3.85. The van der Waals surface area contributed by atoms with Gasteiger partial charge in [0.05, 0.1) is 4.90 Å². The molecule has 118 valence electrons. The summed E-state index contributed by atoms with van der Waals surface area (Å²) >= 11 is 0. The van der Waals surface area contributed by atoms with Crippen molar-refractivity contribution < 1.29 is 8.42 Å². The Balaban J connectivity index is 1.91. The van der Waals surface area contributed by atoms with E-state index in [2.05, 4.69) is 14.7 Å². The minimum atomic E-state index is -3.62. The lowest BCUT2D eigenvalue weighted by atomic mass is 10.1. The Kier molecular flexibility index (Phi) is 3.92. The Morgan fingerprint density at radius 3 is 2.57 bits per heavy atom. The molecule has 6 heteroatoms. The van der Waals surface area contributed by atoms with Crippen LogP contribution in [0.5, 0.6) is 0 Å². The Morgan fingerprint density at radius 1 is 1.04 bits per heavy atom. The third kappa shape index (κ3) is 3.27. The highest BCUT2D eigenvalue weighted by atomic mass is 32.2. The van der Waals surface area contributed by atoms with Gasteiger partial charge in [-0.15, -0.1) is 0 Å². The maximum absolute atomic E-state index is 12.5. The van der Waals surface area contributed by atoms with Gasteiger partial charge in [0.15, 0.2) is 0 Å². The molecule has 0 unspecified atom stereocenters. The Morgan fingerprint density at radius 2 is 1.87 bits per heavy atom. The monoisotopic (exact) mass is 327 g/mol. The van der Waals surface area contributed by atoms with Crippen molar-refractivity contribution in [2.24, 2.45) is 0 Å². The first-order chi connectivity index (χ1) is 11.0. The summed E-state index contributed by atoms with van der Waals surface area (Å²) in [7, 11) is -3.62. The maximum Gasteiger partial charge on any atom is 0.261 e. The number of aromatic nitrogens is 2. The van der Waals surface area contributed by atoms with E-state index in [0.29, 0.717) is 11.5 Å². The number of hydrogen-bond acceptors (Lipinski definition) is 3. The van der Waals surface area contributed by atoms with Crippen molar-refractivity contribution >= 4 is 15.7 Å². The summed E-state index contributed by atoms with van der Waals surface area (Å²) in [6.07, 6.45) is 3.38. The fourth-order valence-electron chi connectivity index (χ4n) is 2.25. The fourth-order valence-corrected chi connectivity index (χ4v) is 3.38. The number of H-pyrrole nitrogens is 1. The van der Waals surface area contributed by atoms with E-state index in [1.165, 1.54) is 0 Å². The van der Waals surface area contributed by atoms with Crippen molar-refractivity contribution in [3.8, 4) is 11.4 Å². The minimum absolute atomic E-state index is 0.254. The second-order valence-electron chi connectivity index (χ2n) is 5.37. The lowest BCUT2D eigenvalue weighted by Gasteiger charge is -2.10. The molecule has 0 fully saturated rings. The third-order valence-corrected chi connectivity index (χ3v) is 5.05. The van der Waals surface area contributed by atoms with E-state index in [-0.39, 0.29) is 4.90 Å². The molecule has 0 radical (unpaired) electrons. The molecule has 23 heavy (non-hydrogen) atoms. The Labute approximate surface area is 135 Å². The largest absolute Gasteiger partial charge is 0.345 e. The summed E-state index contributed by atoms with van der Waals surface area (Å²) < 4.78 is 27.7. The second kappa shape index (κ2) is 5.89. The van der Waals surface area contributed by atoms with Crippen LogP contribution in [0.4, 0.5) is 5.69 Å². The van der Waals surface area contributed by atoms with Gasteiger partial charge in [-0.2, -0.15) is 0 Å². The van der Waals surface area contributed by atoms with Crippen molar-refractivity contribution in [2.75, 3.05) is 4.72 Å². The normalized spacial score (nSPS) is 11.4. The van der Waals surface area contributed by atoms with Crippen LogP contribution in [0.25, 0.3) is 11.4 Å². The molecule has 0 spiro atoms. The van der Waals surface area contributed by atoms with Crippen molar-refractivity contribution in [2.45, 2.75) is 18.7 Å². The number of hydrogen-bond donors (Lipinski definition) is 2. The van der Waals surface area contributed by atoms with Crippen LogP contribution in [0.1, 0.15) is 11.1 Å². The van der Waals surface area contributed by atoms with Crippen LogP contribution in [0.15, 0.2) is 59.8 Å². The molecule has 0 atom stereocenters. The van der Waals surface area contributed by atoms with E-state index >= 15 is 0 Å². The highest BCUT2D eigenvalue weighted by molar-refractivity contribution is 7.92. The summed E-state index contributed by atoms with van der Waals surface area (Å²) in [6, 6.07) is 12.2. The van der Waals surface area contributed by atoms with E-state index in [4.69, 9.17) is 0 Å². The molecule has 0 aliphatic carbocycles. The lowest BCUT2D eigenvalue weighted by Crippen LogP contribution is -2.13. The number of rotatable bonds is 4. The molecule has 0 saturated heterocycles. The van der Waals surface area contributed by atoms with Gasteiger partial charge in [0.25, 0.3) is 10.0 Å². The second-order valence-corrected chi connectivity index (χ2v) is 7.05. The highest BCUT2D eigenvalue weighted by Gasteiger charge is 2.15. The average Bonchev–Trinajstić information content (AvgIpc) is 3.04. The lowest BCUT2D eigenvalue weighted by molar-refractivity contribution is 0.601. The number of aryl methyl sites for hydroxylation is 2. The van der Waals surface area contributed by atoms with Gasteiger partial charge >= 0.3 is 0 Å². The molecular weight excluding hydrogens is 310 g/mol. The maximum atomic E-state index is 12.5. The average molecular weight is 327 g/mol. The molecule has 0 saturated carbocycles. The number of nitrogens with zero attached hydrogens (tertiary/aromatic N) is 1. The van der Waals surface area contributed by atoms with Gasteiger partial charge in [0.2, 0.25) is 0 Å². The standard InChI is InChI=1S/C17H17N3O2S/c1-12-6-7-16(10-13(12)2)23(21,22)20-15-5-3-4-14(11-15)17-18-8-9-19-17/h3-11,20H,1-2H3,(H,18,19). The van der Waals surface area contributed by atoms with Gasteiger partial charge in [0, 0.05) is 23.6 Å². The summed E-state index contributed by atoms with van der Waals surface area (Å²) in [5, 5.41) is 0. The van der Waals surface area contributed by atoms with Crippen LogP contribution in [-0.2, 0) is 10.0 Å². The zero-order chi connectivity index (χ0) is 16.4. The van der Waals surface area contributed by atoms with E-state index < -0.39 is 10.0 Å². The molecular formula is C17H17N3O2S. The van der Waals surface area contributed by atoms with Crippen molar-refractivity contribution in [1.29, 1.82) is 0 Å². The van der Waals surface area contributed by atoms with Crippen LogP contribution < -0.4 is 4.72 Å². The molecule has 0 bridgehead atoms. The van der Waals surface area contributed by atoms with E-state index in [1.54, 1.807) is 42.7 Å². The Hall–Kier alpha value is -2.60. The van der Waals surface area contributed by atoms with Crippen LogP contribution in [0.2, 0.25) is 0 Å². The molecule has 5 nitrogen and oxygen atoms in total. The molecule has 3 rings (SSSR count). The number of sulfonamides is 1. The minimum Gasteiger partial charge on any atom is -0.345 e. The first kappa shape index (κ1) is 15.3. The molecule has 2 N–H and O–H groups in total. The van der Waals surface area contributed by atoms with Crippen LogP contribution in [0, 0.1) is 13.8 Å². The van der Waals surface area contributed by atoms with Gasteiger partial charge < -0.3 is 4.98 Å². The zero-order valence-electron chi connectivity index (χ0n) is 12.9. The van der Waals surface area contributed by atoms with Gasteiger partial charge in [-0.3, -0.25) is 4.72 Å². The summed E-state index contributed by atoms with van der Waals surface area (Å²) in [5.41, 5.74) is 3.31. The third-order valence-electron chi connectivity index (χ3n) is 3.68. The van der Waals surface area contributed by atoms with Crippen LogP contribution in [0.3, 0.4) is 0 Å². The van der Waals surface area contributed by atoms with Gasteiger partial charge in [0.1, 0.15) is 5.82 Å². The summed E-state index contributed by atoms with van der Waals surface area (Å²) in [5.74, 6) is 0.692. The SMILES string of the molecule is Cc1ccc(S(=O)(=O)Nc2cccc(-c3ncc[nH]3)c2)cc1C. The Bertz CT molecular complexity index is 932. The number of benzene rings is 2. The van der Waals surface area contributed by atoms with E-state index in [1.807, 2.05) is 26.0 Å². The molecule has 0 aliphatic rings. The predicted molar refractivity (Wildman–Crippen MR) is 90.7 cm³/mol. The van der Waals surface area contributed by atoms with Crippen LogP contribution in [-0.4, -0.2) is 18.4 Å². The number of anilines is 1. The molecule has 1 heterocycles. The molecule has 0 amide bonds. The van der Waals surface area contributed by atoms with Crippen LogP contribution >= 0.6 is 0 Å². The van der Waals surface area contributed by atoms with Gasteiger partial charge in [-0.05, 0) is 49.2 Å². The van der Waals surface area contributed by atoms with Gasteiger partial charge in [-0.25, -0.2) is 13.4 Å². The summed E-state index contributed by atoms with van der Waals surface area (Å²) in [4.78, 5) is 7.42. The topological polar surface area (TPSA) is 74.8 Å². The number of imidazole rings is 1. The molecule has 0 aliphatic heterocycles. The molecule has 3 aromatic rings. The van der Waals surface area contributed by atoms with E-state index in [0.717, 1.165) is 16.7 Å². The first-order valence-electron chi connectivity index (χ1n) is 7.15. The fraction of sp³-hybridized carbons (Fsp3) is 0.118. The van der Waals surface area contributed by atoms with Crippen molar-refractivity contribution in [3.63, 3.8) is 0 Å². The molecule has 1 aromatic heterocycles. The highest BCUT2D eigenvalue weighted by Crippen LogP contribution is 2.22. The van der Waals surface area contributed by atoms with Gasteiger partial charge in [-0.1, -0.05) is 18.2 Å². The number of nitrogens with one attached hydrogen (secondary N) is 2. The smallest absolute Gasteiger partial charge is 0.261 e. The molecule has 2 aromatic carbocycles. The first-order valence-corrected chi connectivity index (χ1v) is 8.64. The zero-order valence-corrected chi connectivity index (χ0v) is 13.7. The van der Waals surface area contributed by atoms with Crippen molar-refractivity contribution in [3.05, 3.63) is 66.0 Å². The predicted octanol–water partition coefficient (Wildman–Crippen LogP) is 3.49. The number of aromatic amines is 1. The van der Waals surface area contributed by atoms with Crippen molar-refractivity contribution in [1.82, 2.24) is 9.97 Å². The quantitative estimate of drug-likeness (QED) is 0.770. The van der Waals surface area contributed by atoms with E-state index in [9.17, 15) is 8.42 Å².